The molecule has 0 aromatic heterocycles. The molecule has 0 saturated heterocycles. The number of carboxylic acids is 1. The third-order valence-electron chi connectivity index (χ3n) is 6.61. The number of carbonyl (C=O) groups is 2. The summed E-state index contributed by atoms with van der Waals surface area (Å²) in [6.45, 7) is 0.483. The van der Waals surface area contributed by atoms with Crippen LogP contribution in [0.4, 0.5) is 5.69 Å². The number of carbonyl (C=O) groups excluding carboxylic acids is 1. The van der Waals surface area contributed by atoms with E-state index in [1.54, 1.807) is 13.1 Å². The highest BCUT2D eigenvalue weighted by atomic mass is 35.5. The van der Waals surface area contributed by atoms with Gasteiger partial charge < -0.3 is 10.4 Å². The third kappa shape index (κ3) is 4.02. The minimum absolute atomic E-state index is 0.0212. The standard InChI is InChI=1S/C23H25ClN2O5S/c1-26-21(14-5-3-2-4-6-14)12-25-20-11-19(24)18(10-22(20)32(26,30)31)17-9-15(23(28)29)7-8-16(17)13-27/h7-11,13-14,21,25H,2-6,12H2,1H3,(H,28,29)/t21-/m0/s1. The molecule has 170 valence electrons. The number of rotatable bonds is 4. The Morgan fingerprint density at radius 2 is 1.88 bits per heavy atom. The third-order valence-corrected chi connectivity index (χ3v) is 8.84. The van der Waals surface area contributed by atoms with Gasteiger partial charge in [-0.1, -0.05) is 36.9 Å². The molecular formula is C23H25ClN2O5S. The van der Waals surface area contributed by atoms with E-state index in [0.29, 0.717) is 24.1 Å². The van der Waals surface area contributed by atoms with Gasteiger partial charge in [0, 0.05) is 30.8 Å². The van der Waals surface area contributed by atoms with Gasteiger partial charge in [0.15, 0.2) is 6.29 Å². The SMILES string of the molecule is CN1[C@H](C2CCCCC2)CNc2cc(Cl)c(-c3cc(C(=O)O)ccc3C=O)cc2S1(=O)=O. The van der Waals surface area contributed by atoms with E-state index < -0.39 is 16.0 Å². The number of nitrogens with one attached hydrogen (secondary N) is 1. The zero-order valence-electron chi connectivity index (χ0n) is 17.7. The second-order valence-corrected chi connectivity index (χ2v) is 10.8. The van der Waals surface area contributed by atoms with Crippen molar-refractivity contribution >= 4 is 39.6 Å². The van der Waals surface area contributed by atoms with Gasteiger partial charge in [-0.25, -0.2) is 13.2 Å². The Morgan fingerprint density at radius 3 is 2.53 bits per heavy atom. The van der Waals surface area contributed by atoms with E-state index in [1.165, 1.54) is 35.0 Å². The molecule has 1 atom stereocenters. The predicted molar refractivity (Wildman–Crippen MR) is 123 cm³/mol. The number of anilines is 1. The van der Waals surface area contributed by atoms with E-state index in [2.05, 4.69) is 5.32 Å². The van der Waals surface area contributed by atoms with Crippen molar-refractivity contribution in [3.05, 3.63) is 46.5 Å². The maximum atomic E-state index is 13.6. The molecule has 1 heterocycles. The Labute approximate surface area is 192 Å². The van der Waals surface area contributed by atoms with Crippen molar-refractivity contribution < 1.29 is 23.1 Å². The Kier molecular flexibility index (Phi) is 6.29. The van der Waals surface area contributed by atoms with Crippen molar-refractivity contribution in [2.24, 2.45) is 5.92 Å². The molecule has 1 saturated carbocycles. The molecule has 7 nitrogen and oxygen atoms in total. The Bertz CT molecular complexity index is 1180. The van der Waals surface area contributed by atoms with Crippen LogP contribution in [0.25, 0.3) is 11.1 Å². The fourth-order valence-electron chi connectivity index (χ4n) is 4.80. The predicted octanol–water partition coefficient (Wildman–Crippen LogP) is 4.51. The monoisotopic (exact) mass is 476 g/mol. The molecule has 4 rings (SSSR count). The number of nitrogens with zero attached hydrogens (tertiary/aromatic N) is 1. The van der Waals surface area contributed by atoms with Crippen LogP contribution in [0.15, 0.2) is 35.2 Å². The van der Waals surface area contributed by atoms with Gasteiger partial charge in [0.1, 0.15) is 4.90 Å². The van der Waals surface area contributed by atoms with Crippen LogP contribution >= 0.6 is 11.6 Å². The van der Waals surface area contributed by atoms with E-state index in [4.69, 9.17) is 11.6 Å². The van der Waals surface area contributed by atoms with E-state index in [9.17, 15) is 23.1 Å². The van der Waals surface area contributed by atoms with Gasteiger partial charge in [0.2, 0.25) is 10.0 Å². The van der Waals surface area contributed by atoms with Crippen molar-refractivity contribution in [2.75, 3.05) is 18.9 Å². The molecule has 0 amide bonds. The number of hydrogen-bond donors (Lipinski definition) is 2. The van der Waals surface area contributed by atoms with Gasteiger partial charge in [-0.15, -0.1) is 0 Å². The highest BCUT2D eigenvalue weighted by Gasteiger charge is 2.38. The van der Waals surface area contributed by atoms with Crippen LogP contribution in [0, 0.1) is 5.92 Å². The summed E-state index contributed by atoms with van der Waals surface area (Å²) in [5, 5.41) is 12.9. The van der Waals surface area contributed by atoms with Gasteiger partial charge in [-0.2, -0.15) is 4.31 Å². The number of carboxylic acid groups (broad SMARTS) is 1. The van der Waals surface area contributed by atoms with Gasteiger partial charge in [-0.3, -0.25) is 4.79 Å². The Hall–Kier alpha value is -2.42. The molecule has 0 unspecified atom stereocenters. The first kappa shape index (κ1) is 22.8. The quantitative estimate of drug-likeness (QED) is 0.629. The van der Waals surface area contributed by atoms with Gasteiger partial charge in [0.05, 0.1) is 16.3 Å². The first-order valence-electron chi connectivity index (χ1n) is 10.6. The van der Waals surface area contributed by atoms with E-state index >= 15 is 0 Å². The first-order valence-corrected chi connectivity index (χ1v) is 12.4. The topological polar surface area (TPSA) is 104 Å². The van der Waals surface area contributed by atoms with Crippen molar-refractivity contribution in [1.82, 2.24) is 4.31 Å². The van der Waals surface area contributed by atoms with Crippen molar-refractivity contribution in [3.8, 4) is 11.1 Å². The Morgan fingerprint density at radius 1 is 1.16 bits per heavy atom. The molecule has 1 aliphatic carbocycles. The molecule has 0 bridgehead atoms. The van der Waals surface area contributed by atoms with E-state index in [0.717, 1.165) is 25.7 Å². The minimum Gasteiger partial charge on any atom is -0.478 e. The smallest absolute Gasteiger partial charge is 0.335 e. The number of aromatic carboxylic acids is 1. The van der Waals surface area contributed by atoms with Crippen LogP contribution in [0.2, 0.25) is 5.02 Å². The van der Waals surface area contributed by atoms with E-state index in [-0.39, 0.29) is 38.6 Å². The molecule has 0 spiro atoms. The van der Waals surface area contributed by atoms with Crippen molar-refractivity contribution in [2.45, 2.75) is 43.0 Å². The molecule has 0 radical (unpaired) electrons. The molecule has 2 aliphatic rings. The molecule has 1 aliphatic heterocycles. The van der Waals surface area contributed by atoms with E-state index in [1.807, 2.05) is 0 Å². The lowest BCUT2D eigenvalue weighted by Crippen LogP contribution is -2.44. The van der Waals surface area contributed by atoms with Gasteiger partial charge in [0.25, 0.3) is 0 Å². The molecule has 32 heavy (non-hydrogen) atoms. The number of benzene rings is 2. The number of hydrogen-bond acceptors (Lipinski definition) is 5. The number of fused-ring (bicyclic) bond motifs is 1. The highest BCUT2D eigenvalue weighted by Crippen LogP contribution is 2.41. The van der Waals surface area contributed by atoms with Crippen LogP contribution in [-0.2, 0) is 10.0 Å². The van der Waals surface area contributed by atoms with Crippen LogP contribution < -0.4 is 5.32 Å². The largest absolute Gasteiger partial charge is 0.478 e. The highest BCUT2D eigenvalue weighted by molar-refractivity contribution is 7.89. The molecular weight excluding hydrogens is 452 g/mol. The molecule has 1 fully saturated rings. The lowest BCUT2D eigenvalue weighted by molar-refractivity contribution is 0.0696. The number of likely N-dealkylation sites (N-methyl/N-ethyl adjacent to an activating group) is 1. The molecule has 2 aromatic carbocycles. The maximum Gasteiger partial charge on any atom is 0.335 e. The summed E-state index contributed by atoms with van der Waals surface area (Å²) in [5.41, 5.74) is 1.19. The number of sulfonamides is 1. The summed E-state index contributed by atoms with van der Waals surface area (Å²) in [5.74, 6) is -0.867. The van der Waals surface area contributed by atoms with Crippen molar-refractivity contribution in [3.63, 3.8) is 0 Å². The molecule has 2 N–H and O–H groups in total. The lowest BCUT2D eigenvalue weighted by atomic mass is 9.84. The average molecular weight is 477 g/mol. The first-order chi connectivity index (χ1) is 15.2. The van der Waals surface area contributed by atoms with Crippen LogP contribution in [0.5, 0.6) is 0 Å². The van der Waals surface area contributed by atoms with Crippen molar-refractivity contribution in [1.29, 1.82) is 0 Å². The van der Waals surface area contributed by atoms with Gasteiger partial charge >= 0.3 is 5.97 Å². The second kappa shape index (κ2) is 8.84. The summed E-state index contributed by atoms with van der Waals surface area (Å²) in [7, 11) is -2.23. The Balaban J connectivity index is 1.83. The average Bonchev–Trinajstić information content (AvgIpc) is 2.87. The lowest BCUT2D eigenvalue weighted by Gasteiger charge is -2.34. The summed E-state index contributed by atoms with van der Waals surface area (Å²) < 4.78 is 28.6. The fraction of sp³-hybridized carbons (Fsp3) is 0.391. The van der Waals surface area contributed by atoms with Crippen LogP contribution in [-0.4, -0.2) is 49.7 Å². The van der Waals surface area contributed by atoms with Crippen LogP contribution in [0.3, 0.4) is 0 Å². The minimum atomic E-state index is -3.84. The molecule has 9 heteroatoms. The summed E-state index contributed by atoms with van der Waals surface area (Å²) in [6, 6.07) is 6.87. The summed E-state index contributed by atoms with van der Waals surface area (Å²) >= 11 is 6.51. The summed E-state index contributed by atoms with van der Waals surface area (Å²) in [6.07, 6.45) is 5.99. The zero-order valence-corrected chi connectivity index (χ0v) is 19.2. The maximum absolute atomic E-state index is 13.6. The molecule has 2 aromatic rings. The fourth-order valence-corrected chi connectivity index (χ4v) is 6.65. The number of aldehydes is 1. The second-order valence-electron chi connectivity index (χ2n) is 8.42. The van der Waals surface area contributed by atoms with Crippen LogP contribution in [0.1, 0.15) is 52.8 Å². The summed E-state index contributed by atoms with van der Waals surface area (Å²) in [4.78, 5) is 23.1. The normalized spacial score (nSPS) is 21.2. The zero-order chi connectivity index (χ0) is 23.0. The number of halogens is 1. The van der Waals surface area contributed by atoms with Gasteiger partial charge in [-0.05, 0) is 48.6 Å².